The highest BCUT2D eigenvalue weighted by atomic mass is 28.3. The van der Waals surface area contributed by atoms with Crippen molar-refractivity contribution in [3.63, 3.8) is 0 Å². The lowest BCUT2D eigenvalue weighted by molar-refractivity contribution is -0.137. The van der Waals surface area contributed by atoms with Crippen molar-refractivity contribution < 1.29 is 22.4 Å². The smallest absolute Gasteiger partial charge is 0.285 e. The summed E-state index contributed by atoms with van der Waals surface area (Å²) in [5.74, 6) is 0. The van der Waals surface area contributed by atoms with Gasteiger partial charge in [0.2, 0.25) is 0 Å². The molecule has 0 aliphatic heterocycles. The standard InChI is InChI=1S/C19H23F4NOSi/c1-4-11-26(12-5-2,13-6-3)14-10-24(18(20)25)17-9-7-8-16(15-17)19(21,22)23/h4-9,15H,1-3,10-14H2. The van der Waals surface area contributed by atoms with Crippen LogP contribution in [0.5, 0.6) is 0 Å². The highest BCUT2D eigenvalue weighted by Crippen LogP contribution is 2.33. The van der Waals surface area contributed by atoms with Gasteiger partial charge in [-0.25, -0.2) is 4.79 Å². The molecule has 142 valence electrons. The second-order valence-corrected chi connectivity index (χ2v) is 10.9. The molecule has 1 rings (SSSR count). The third-order valence-electron chi connectivity index (χ3n) is 4.30. The Morgan fingerprint density at radius 2 is 1.62 bits per heavy atom. The topological polar surface area (TPSA) is 20.3 Å². The fourth-order valence-corrected chi connectivity index (χ4v) is 6.64. The third-order valence-corrected chi connectivity index (χ3v) is 9.04. The van der Waals surface area contributed by atoms with E-state index in [0.717, 1.165) is 41.2 Å². The van der Waals surface area contributed by atoms with Crippen LogP contribution in [-0.2, 0) is 6.18 Å². The summed E-state index contributed by atoms with van der Waals surface area (Å²) in [6, 6.07) is 6.81. The first-order valence-corrected chi connectivity index (χ1v) is 11.0. The minimum absolute atomic E-state index is 0.00160. The van der Waals surface area contributed by atoms with E-state index in [-0.39, 0.29) is 12.2 Å². The predicted octanol–water partition coefficient (Wildman–Crippen LogP) is 6.61. The number of halogens is 4. The molecule has 2 nitrogen and oxygen atoms in total. The molecule has 0 aliphatic carbocycles. The number of carbonyl (C=O) groups is 1. The number of hydrogen-bond acceptors (Lipinski definition) is 1. The molecule has 0 fully saturated rings. The van der Waals surface area contributed by atoms with Crippen molar-refractivity contribution in [2.75, 3.05) is 11.4 Å². The molecule has 0 radical (unpaired) electrons. The van der Waals surface area contributed by atoms with Crippen LogP contribution in [0.3, 0.4) is 0 Å². The zero-order valence-electron chi connectivity index (χ0n) is 14.6. The largest absolute Gasteiger partial charge is 0.416 e. The molecule has 0 saturated carbocycles. The Morgan fingerprint density at radius 3 is 2.04 bits per heavy atom. The van der Waals surface area contributed by atoms with Gasteiger partial charge in [-0.15, -0.1) is 24.1 Å². The van der Waals surface area contributed by atoms with Gasteiger partial charge in [0.25, 0.3) is 0 Å². The highest BCUT2D eigenvalue weighted by molar-refractivity contribution is 6.81. The van der Waals surface area contributed by atoms with E-state index >= 15 is 0 Å². The van der Waals surface area contributed by atoms with Crippen LogP contribution < -0.4 is 4.90 Å². The van der Waals surface area contributed by atoms with Crippen molar-refractivity contribution >= 4 is 19.9 Å². The Labute approximate surface area is 152 Å². The summed E-state index contributed by atoms with van der Waals surface area (Å²) in [5.41, 5.74) is -1.03. The molecule has 26 heavy (non-hydrogen) atoms. The number of amides is 1. The Balaban J connectivity index is 3.11. The van der Waals surface area contributed by atoms with Gasteiger partial charge in [0.05, 0.1) is 13.6 Å². The quantitative estimate of drug-likeness (QED) is 0.146. The van der Waals surface area contributed by atoms with Gasteiger partial charge in [0.15, 0.2) is 0 Å². The summed E-state index contributed by atoms with van der Waals surface area (Å²) in [4.78, 5) is 12.2. The Hall–Kier alpha value is -2.15. The van der Waals surface area contributed by atoms with Crippen LogP contribution in [0.15, 0.2) is 62.2 Å². The van der Waals surface area contributed by atoms with Crippen molar-refractivity contribution in [2.24, 2.45) is 0 Å². The molecular formula is C19H23F4NOSi. The van der Waals surface area contributed by atoms with E-state index in [4.69, 9.17) is 0 Å². The summed E-state index contributed by atoms with van der Waals surface area (Å²) in [7, 11) is -2.02. The van der Waals surface area contributed by atoms with Gasteiger partial charge in [-0.2, -0.15) is 13.2 Å². The first kappa shape index (κ1) is 21.9. The molecule has 0 unspecified atom stereocenters. The first-order valence-electron chi connectivity index (χ1n) is 8.16. The SMILES string of the molecule is C=CC[Si](CC=C)(CC=C)CCN(C(=O)F)c1cccc(C(F)(F)F)c1. The molecule has 0 bridgehead atoms. The van der Waals surface area contributed by atoms with Gasteiger partial charge in [-0.1, -0.05) is 24.3 Å². The van der Waals surface area contributed by atoms with E-state index in [1.165, 1.54) is 6.07 Å². The minimum atomic E-state index is -4.56. The first-order chi connectivity index (χ1) is 12.2. The third kappa shape index (κ3) is 5.98. The Kier molecular flexibility index (Phi) is 8.01. The second kappa shape index (κ2) is 9.52. The number of carbonyl (C=O) groups excluding carboxylic acids is 1. The lowest BCUT2D eigenvalue weighted by Gasteiger charge is -2.31. The van der Waals surface area contributed by atoms with E-state index in [1.54, 1.807) is 18.2 Å². The number of hydrogen-bond donors (Lipinski definition) is 0. The molecule has 0 aromatic heterocycles. The zero-order chi connectivity index (χ0) is 19.8. The van der Waals surface area contributed by atoms with Crippen LogP contribution in [0, 0.1) is 0 Å². The fraction of sp³-hybridized carbons (Fsp3) is 0.316. The number of benzene rings is 1. The molecule has 7 heteroatoms. The van der Waals surface area contributed by atoms with Gasteiger partial charge in [-0.3, -0.25) is 4.90 Å². The molecule has 0 heterocycles. The summed E-state index contributed by atoms with van der Waals surface area (Å²) in [6.07, 6.45) is -0.988. The monoisotopic (exact) mass is 385 g/mol. The molecule has 1 aromatic carbocycles. The van der Waals surface area contributed by atoms with Crippen LogP contribution in [0.1, 0.15) is 5.56 Å². The molecule has 1 aromatic rings. The number of rotatable bonds is 10. The van der Waals surface area contributed by atoms with Crippen molar-refractivity contribution in [1.82, 2.24) is 0 Å². The van der Waals surface area contributed by atoms with Gasteiger partial charge >= 0.3 is 12.3 Å². The number of anilines is 1. The maximum Gasteiger partial charge on any atom is 0.416 e. The molecular weight excluding hydrogens is 362 g/mol. The molecule has 0 aliphatic rings. The molecule has 0 N–H and O–H groups in total. The summed E-state index contributed by atoms with van der Waals surface area (Å²) >= 11 is 0. The molecule has 0 atom stereocenters. The molecule has 0 spiro atoms. The Bertz CT molecular complexity index is 631. The fourth-order valence-electron chi connectivity index (χ4n) is 2.99. The van der Waals surface area contributed by atoms with Crippen LogP contribution in [0.4, 0.5) is 28.0 Å². The van der Waals surface area contributed by atoms with E-state index in [1.807, 2.05) is 0 Å². The van der Waals surface area contributed by atoms with Crippen molar-refractivity contribution in [2.45, 2.75) is 30.4 Å². The molecule has 0 saturated heterocycles. The van der Waals surface area contributed by atoms with E-state index < -0.39 is 26.0 Å². The lowest BCUT2D eigenvalue weighted by Crippen LogP contribution is -2.38. The Morgan fingerprint density at radius 1 is 1.08 bits per heavy atom. The summed E-state index contributed by atoms with van der Waals surface area (Å²) in [6.45, 7) is 11.3. The summed E-state index contributed by atoms with van der Waals surface area (Å²) in [5, 5.41) is 0. The van der Waals surface area contributed by atoms with Crippen molar-refractivity contribution in [1.29, 1.82) is 0 Å². The van der Waals surface area contributed by atoms with E-state index in [0.29, 0.717) is 6.04 Å². The predicted molar refractivity (Wildman–Crippen MR) is 101 cm³/mol. The number of alkyl halides is 3. The van der Waals surface area contributed by atoms with Gasteiger partial charge in [-0.05, 0) is 42.4 Å². The average Bonchev–Trinajstić information content (AvgIpc) is 2.55. The zero-order valence-corrected chi connectivity index (χ0v) is 15.6. The van der Waals surface area contributed by atoms with Gasteiger partial charge < -0.3 is 0 Å². The van der Waals surface area contributed by atoms with Gasteiger partial charge in [0, 0.05) is 12.2 Å². The second-order valence-electron chi connectivity index (χ2n) is 6.18. The van der Waals surface area contributed by atoms with Crippen molar-refractivity contribution in [3.8, 4) is 0 Å². The number of allylic oxidation sites excluding steroid dienone is 3. The minimum Gasteiger partial charge on any atom is -0.285 e. The van der Waals surface area contributed by atoms with Gasteiger partial charge in [0.1, 0.15) is 0 Å². The maximum atomic E-state index is 13.6. The lowest BCUT2D eigenvalue weighted by atomic mass is 10.2. The van der Waals surface area contributed by atoms with Crippen molar-refractivity contribution in [3.05, 3.63) is 67.8 Å². The van der Waals surface area contributed by atoms with Crippen LogP contribution in [-0.4, -0.2) is 20.8 Å². The number of nitrogens with zero attached hydrogens (tertiary/aromatic N) is 1. The normalized spacial score (nSPS) is 11.7. The van der Waals surface area contributed by atoms with Crippen LogP contribution >= 0.6 is 0 Å². The van der Waals surface area contributed by atoms with Crippen LogP contribution in [0.25, 0.3) is 0 Å². The average molecular weight is 385 g/mol. The van der Waals surface area contributed by atoms with Crippen LogP contribution in [0.2, 0.25) is 24.2 Å². The van der Waals surface area contributed by atoms with E-state index in [2.05, 4.69) is 19.7 Å². The van der Waals surface area contributed by atoms with E-state index in [9.17, 15) is 22.4 Å². The summed E-state index contributed by atoms with van der Waals surface area (Å²) < 4.78 is 52.2. The maximum absolute atomic E-state index is 13.6. The molecule has 1 amide bonds. The highest BCUT2D eigenvalue weighted by Gasteiger charge is 2.33.